The van der Waals surface area contributed by atoms with Gasteiger partial charge in [0.2, 0.25) is 0 Å². The van der Waals surface area contributed by atoms with E-state index in [1.807, 2.05) is 0 Å². The van der Waals surface area contributed by atoms with Crippen molar-refractivity contribution in [1.29, 1.82) is 0 Å². The van der Waals surface area contributed by atoms with Crippen molar-refractivity contribution in [3.05, 3.63) is 0 Å². The first-order valence-corrected chi connectivity index (χ1v) is 9.85. The highest BCUT2D eigenvalue weighted by molar-refractivity contribution is 4.70. The molecule has 0 spiro atoms. The Bertz CT molecular complexity index is 196. The quantitative estimate of drug-likeness (QED) is 0.297. The Hall–Kier alpha value is -0.0800. The van der Waals surface area contributed by atoms with Crippen molar-refractivity contribution in [1.82, 2.24) is 6.15 Å². The minimum absolute atomic E-state index is 0. The summed E-state index contributed by atoms with van der Waals surface area (Å²) < 4.78 is 0. The van der Waals surface area contributed by atoms with Crippen LogP contribution in [0.3, 0.4) is 0 Å². The van der Waals surface area contributed by atoms with Gasteiger partial charge in [-0.05, 0) is 20.3 Å². The summed E-state index contributed by atoms with van der Waals surface area (Å²) in [6.07, 6.45) is 22.7. The Kier molecular flexibility index (Phi) is 19.0. The molecule has 0 unspecified atom stereocenters. The molecule has 5 N–H and O–H groups in total. The Labute approximate surface area is 141 Å². The molecule has 0 aromatic rings. The van der Waals surface area contributed by atoms with Crippen LogP contribution in [0.1, 0.15) is 124 Å². The molecule has 2 nitrogen and oxygen atoms in total. The van der Waals surface area contributed by atoms with Crippen LogP contribution >= 0.6 is 0 Å². The van der Waals surface area contributed by atoms with Crippen LogP contribution in [0.15, 0.2) is 0 Å². The van der Waals surface area contributed by atoms with Gasteiger partial charge in [-0.3, -0.25) is 0 Å². The third-order valence-electron chi connectivity index (χ3n) is 4.42. The molecule has 0 radical (unpaired) electrons. The minimum atomic E-state index is 0. The summed E-state index contributed by atoms with van der Waals surface area (Å²) in [6.45, 7) is 6.56. The van der Waals surface area contributed by atoms with Crippen molar-refractivity contribution in [2.75, 3.05) is 0 Å². The van der Waals surface area contributed by atoms with E-state index in [1.54, 1.807) is 0 Å². The molecule has 22 heavy (non-hydrogen) atoms. The van der Waals surface area contributed by atoms with Gasteiger partial charge in [0.1, 0.15) is 0 Å². The number of rotatable bonds is 16. The van der Waals surface area contributed by atoms with Crippen molar-refractivity contribution >= 4 is 0 Å². The van der Waals surface area contributed by atoms with Crippen molar-refractivity contribution in [3.63, 3.8) is 0 Å². The van der Waals surface area contributed by atoms with Crippen LogP contribution in [0, 0.1) is 0 Å². The van der Waals surface area contributed by atoms with Crippen LogP contribution in [-0.4, -0.2) is 5.54 Å². The maximum Gasteiger partial charge on any atom is 0.00970 e. The normalized spacial score (nSPS) is 11.5. The molecule has 0 fully saturated rings. The van der Waals surface area contributed by atoms with Crippen LogP contribution in [0.25, 0.3) is 0 Å². The van der Waals surface area contributed by atoms with Gasteiger partial charge >= 0.3 is 0 Å². The molecule has 0 saturated carbocycles. The van der Waals surface area contributed by atoms with E-state index in [0.717, 1.165) is 0 Å². The van der Waals surface area contributed by atoms with Gasteiger partial charge in [-0.25, -0.2) is 0 Å². The van der Waals surface area contributed by atoms with Crippen molar-refractivity contribution in [2.24, 2.45) is 5.73 Å². The molecule has 0 aliphatic heterocycles. The molecular weight excluding hydrogens is 268 g/mol. The molecule has 2 heteroatoms. The number of hydrogen-bond donors (Lipinski definition) is 2. The third-order valence-corrected chi connectivity index (χ3v) is 4.42. The van der Waals surface area contributed by atoms with Gasteiger partial charge in [-0.1, -0.05) is 103 Å². The fourth-order valence-electron chi connectivity index (χ4n) is 2.95. The first-order chi connectivity index (χ1) is 10.1. The lowest BCUT2D eigenvalue weighted by molar-refractivity contribution is 0.440. The summed E-state index contributed by atoms with van der Waals surface area (Å²) in [7, 11) is 0. The van der Waals surface area contributed by atoms with Gasteiger partial charge in [0.05, 0.1) is 0 Å². The lowest BCUT2D eigenvalue weighted by Gasteiger charge is -2.17. The second-order valence-electron chi connectivity index (χ2n) is 7.69. The molecule has 0 amide bonds. The molecule has 0 aromatic heterocycles. The second-order valence-corrected chi connectivity index (χ2v) is 7.69. The highest BCUT2D eigenvalue weighted by Crippen LogP contribution is 2.15. The fourth-order valence-corrected chi connectivity index (χ4v) is 2.95. The van der Waals surface area contributed by atoms with E-state index in [0.29, 0.717) is 0 Å². The Morgan fingerprint density at radius 1 is 0.545 bits per heavy atom. The van der Waals surface area contributed by atoms with E-state index >= 15 is 0 Å². The van der Waals surface area contributed by atoms with E-state index < -0.39 is 0 Å². The van der Waals surface area contributed by atoms with Crippen molar-refractivity contribution < 1.29 is 0 Å². The molecule has 0 aromatic carbocycles. The summed E-state index contributed by atoms with van der Waals surface area (Å²) in [5.41, 5.74) is 6.03. The maximum absolute atomic E-state index is 5.99. The van der Waals surface area contributed by atoms with Crippen molar-refractivity contribution in [3.8, 4) is 0 Å². The van der Waals surface area contributed by atoms with Gasteiger partial charge < -0.3 is 11.9 Å². The van der Waals surface area contributed by atoms with E-state index in [2.05, 4.69) is 20.8 Å². The van der Waals surface area contributed by atoms with E-state index in [-0.39, 0.29) is 11.7 Å². The van der Waals surface area contributed by atoms with Crippen LogP contribution in [0.4, 0.5) is 0 Å². The lowest BCUT2D eigenvalue weighted by Crippen LogP contribution is -2.31. The largest absolute Gasteiger partial charge is 0.344 e. The highest BCUT2D eigenvalue weighted by atomic mass is 14.7. The summed E-state index contributed by atoms with van der Waals surface area (Å²) in [5, 5.41) is 0. The standard InChI is InChI=1S/C20H43N.H3N/c1-4-5-6-7-8-9-10-11-12-13-14-15-16-17-18-19-20(2,3)21;/h4-19,21H2,1-3H3;1H3. The number of hydrogen-bond acceptors (Lipinski definition) is 2. The smallest absolute Gasteiger partial charge is 0.00970 e. The third kappa shape index (κ3) is 22.2. The summed E-state index contributed by atoms with van der Waals surface area (Å²) in [4.78, 5) is 0. The predicted molar refractivity (Wildman–Crippen MR) is 103 cm³/mol. The molecule has 0 atom stereocenters. The molecule has 0 heterocycles. The summed E-state index contributed by atoms with van der Waals surface area (Å²) in [6, 6.07) is 0. The fraction of sp³-hybridized carbons (Fsp3) is 1.00. The topological polar surface area (TPSA) is 61.0 Å². The van der Waals surface area contributed by atoms with Gasteiger partial charge in [0, 0.05) is 5.54 Å². The van der Waals surface area contributed by atoms with Gasteiger partial charge in [0.25, 0.3) is 0 Å². The average Bonchev–Trinajstić information content (AvgIpc) is 2.42. The predicted octanol–water partition coefficient (Wildman–Crippen LogP) is 7.15. The molecule has 0 rings (SSSR count). The first kappa shape index (κ1) is 24.2. The van der Waals surface area contributed by atoms with Crippen LogP contribution in [0.5, 0.6) is 0 Å². The monoisotopic (exact) mass is 314 g/mol. The van der Waals surface area contributed by atoms with Gasteiger partial charge in [-0.2, -0.15) is 0 Å². The Balaban J connectivity index is 0. The zero-order valence-electron chi connectivity index (χ0n) is 16.1. The Morgan fingerprint density at radius 3 is 1.09 bits per heavy atom. The summed E-state index contributed by atoms with van der Waals surface area (Å²) >= 11 is 0. The second kappa shape index (κ2) is 17.3. The van der Waals surface area contributed by atoms with Gasteiger partial charge in [-0.15, -0.1) is 0 Å². The zero-order valence-corrected chi connectivity index (χ0v) is 16.1. The molecular formula is C20H46N2. The SMILES string of the molecule is CCCCCCCCCCCCCCCCCC(C)(C)N.N. The van der Waals surface area contributed by atoms with Crippen molar-refractivity contribution in [2.45, 2.75) is 129 Å². The van der Waals surface area contributed by atoms with E-state index in [9.17, 15) is 0 Å². The summed E-state index contributed by atoms with van der Waals surface area (Å²) in [5.74, 6) is 0. The first-order valence-electron chi connectivity index (χ1n) is 9.85. The van der Waals surface area contributed by atoms with Crippen LogP contribution in [0.2, 0.25) is 0 Å². The van der Waals surface area contributed by atoms with Crippen LogP contribution in [-0.2, 0) is 0 Å². The Morgan fingerprint density at radius 2 is 0.818 bits per heavy atom. The molecule has 0 aliphatic rings. The highest BCUT2D eigenvalue weighted by Gasteiger charge is 2.08. The molecule has 0 saturated heterocycles. The molecule has 136 valence electrons. The van der Waals surface area contributed by atoms with E-state index in [1.165, 1.54) is 103 Å². The maximum atomic E-state index is 5.99. The number of unbranched alkanes of at least 4 members (excludes halogenated alkanes) is 14. The lowest BCUT2D eigenvalue weighted by atomic mass is 9.97. The number of nitrogens with two attached hydrogens (primary N) is 1. The van der Waals surface area contributed by atoms with Crippen LogP contribution < -0.4 is 11.9 Å². The molecule has 0 bridgehead atoms. The van der Waals surface area contributed by atoms with Gasteiger partial charge in [0.15, 0.2) is 0 Å². The molecule has 0 aliphatic carbocycles. The average molecular weight is 315 g/mol. The minimum Gasteiger partial charge on any atom is -0.344 e. The van der Waals surface area contributed by atoms with E-state index in [4.69, 9.17) is 5.73 Å². The zero-order chi connectivity index (χ0) is 15.8.